The van der Waals surface area contributed by atoms with Crippen LogP contribution < -0.4 is 9.62 Å². The van der Waals surface area contributed by atoms with Crippen molar-refractivity contribution in [1.82, 2.24) is 10.2 Å². The Morgan fingerprint density at radius 3 is 2.16 bits per heavy atom. The fourth-order valence-electron chi connectivity index (χ4n) is 4.09. The van der Waals surface area contributed by atoms with Crippen LogP contribution >= 0.6 is 0 Å². The summed E-state index contributed by atoms with van der Waals surface area (Å²) in [6.45, 7) is 7.75. The predicted octanol–water partition coefficient (Wildman–Crippen LogP) is 4.83. The summed E-state index contributed by atoms with van der Waals surface area (Å²) in [4.78, 5) is 28.4. The fraction of sp³-hybridized carbons (Fsp3) is 0.333. The zero-order chi connectivity index (χ0) is 27.7. The van der Waals surface area contributed by atoms with Gasteiger partial charge in [-0.05, 0) is 56.5 Å². The Balaban J connectivity index is 1.99. The van der Waals surface area contributed by atoms with Crippen LogP contribution in [0.25, 0.3) is 0 Å². The van der Waals surface area contributed by atoms with E-state index in [1.165, 1.54) is 17.0 Å². The molecule has 0 saturated heterocycles. The number of para-hydroxylation sites is 1. The van der Waals surface area contributed by atoms with E-state index in [1.807, 2.05) is 44.2 Å². The summed E-state index contributed by atoms with van der Waals surface area (Å²) in [6.07, 6.45) is 1.77. The van der Waals surface area contributed by atoms with Crippen LogP contribution in [-0.2, 0) is 26.2 Å². The molecule has 8 heteroatoms. The van der Waals surface area contributed by atoms with Crippen molar-refractivity contribution in [2.45, 2.75) is 58.0 Å². The molecule has 0 bridgehead atoms. The quantitative estimate of drug-likeness (QED) is 0.337. The van der Waals surface area contributed by atoms with Crippen LogP contribution in [-0.4, -0.2) is 44.3 Å². The van der Waals surface area contributed by atoms with Crippen molar-refractivity contribution in [2.75, 3.05) is 17.4 Å². The first-order valence-electron chi connectivity index (χ1n) is 12.9. The van der Waals surface area contributed by atoms with Gasteiger partial charge in [-0.3, -0.25) is 13.9 Å². The van der Waals surface area contributed by atoms with Crippen molar-refractivity contribution in [2.24, 2.45) is 0 Å². The van der Waals surface area contributed by atoms with Crippen LogP contribution in [0.2, 0.25) is 0 Å². The molecule has 3 aromatic carbocycles. The first kappa shape index (κ1) is 28.9. The SMILES string of the molecule is CCCCNC(=O)C(C)N(Cc1ccc(C)cc1)C(=O)CN(c1ccccc1C)S(=O)(=O)c1ccccc1. The van der Waals surface area contributed by atoms with Gasteiger partial charge in [0, 0.05) is 13.1 Å². The van der Waals surface area contributed by atoms with Gasteiger partial charge in [0.25, 0.3) is 10.0 Å². The minimum Gasteiger partial charge on any atom is -0.354 e. The average molecular weight is 536 g/mol. The number of aryl methyl sites for hydroxylation is 2. The van der Waals surface area contributed by atoms with Crippen molar-refractivity contribution in [3.63, 3.8) is 0 Å². The standard InChI is InChI=1S/C30H37N3O4S/c1-5-6-20-31-30(35)25(4)32(21-26-18-16-23(2)17-19-26)29(34)22-33(28-15-11-10-12-24(28)3)38(36,37)27-13-8-7-9-14-27/h7-19,25H,5-6,20-22H2,1-4H3,(H,31,35). The molecule has 0 spiro atoms. The summed E-state index contributed by atoms with van der Waals surface area (Å²) in [5.74, 6) is -0.737. The lowest BCUT2D eigenvalue weighted by atomic mass is 10.1. The monoisotopic (exact) mass is 535 g/mol. The smallest absolute Gasteiger partial charge is 0.264 e. The van der Waals surface area contributed by atoms with Crippen LogP contribution in [0, 0.1) is 13.8 Å². The number of unbranched alkanes of at least 4 members (excludes halogenated alkanes) is 1. The molecule has 0 aliphatic carbocycles. The molecule has 0 heterocycles. The van der Waals surface area contributed by atoms with E-state index in [1.54, 1.807) is 50.2 Å². The summed E-state index contributed by atoms with van der Waals surface area (Å²) < 4.78 is 28.7. The lowest BCUT2D eigenvalue weighted by Crippen LogP contribution is -2.51. The molecule has 0 aromatic heterocycles. The Bertz CT molecular complexity index is 1330. The van der Waals surface area contributed by atoms with Gasteiger partial charge in [0.05, 0.1) is 10.6 Å². The van der Waals surface area contributed by atoms with Crippen LogP contribution in [0.5, 0.6) is 0 Å². The number of carbonyl (C=O) groups excluding carboxylic acids is 2. The van der Waals surface area contributed by atoms with Gasteiger partial charge in [0.15, 0.2) is 0 Å². The molecule has 38 heavy (non-hydrogen) atoms. The second-order valence-electron chi connectivity index (χ2n) is 9.44. The van der Waals surface area contributed by atoms with E-state index in [9.17, 15) is 18.0 Å². The summed E-state index contributed by atoms with van der Waals surface area (Å²) >= 11 is 0. The van der Waals surface area contributed by atoms with Gasteiger partial charge in [-0.2, -0.15) is 0 Å². The Hall–Kier alpha value is -3.65. The van der Waals surface area contributed by atoms with Gasteiger partial charge in [-0.1, -0.05) is 79.6 Å². The number of nitrogens with one attached hydrogen (secondary N) is 1. The van der Waals surface area contributed by atoms with Crippen molar-refractivity contribution in [1.29, 1.82) is 0 Å². The van der Waals surface area contributed by atoms with Gasteiger partial charge in [0.1, 0.15) is 12.6 Å². The number of sulfonamides is 1. The van der Waals surface area contributed by atoms with E-state index < -0.39 is 28.5 Å². The molecule has 0 aliphatic rings. The van der Waals surface area contributed by atoms with Crippen molar-refractivity contribution in [3.05, 3.63) is 95.6 Å². The normalized spacial score (nSPS) is 12.0. The predicted molar refractivity (Wildman–Crippen MR) is 151 cm³/mol. The highest BCUT2D eigenvalue weighted by atomic mass is 32.2. The largest absolute Gasteiger partial charge is 0.354 e. The van der Waals surface area contributed by atoms with Crippen LogP contribution in [0.3, 0.4) is 0 Å². The lowest BCUT2D eigenvalue weighted by molar-refractivity contribution is -0.139. The van der Waals surface area contributed by atoms with E-state index in [4.69, 9.17) is 0 Å². The summed E-state index contributed by atoms with van der Waals surface area (Å²) in [5, 5.41) is 2.90. The van der Waals surface area contributed by atoms with E-state index in [-0.39, 0.29) is 17.3 Å². The molecular weight excluding hydrogens is 498 g/mol. The molecular formula is C30H37N3O4S. The van der Waals surface area contributed by atoms with Crippen molar-refractivity contribution >= 4 is 27.5 Å². The van der Waals surface area contributed by atoms with Gasteiger partial charge in [-0.15, -0.1) is 0 Å². The maximum atomic E-state index is 13.9. The molecule has 7 nitrogen and oxygen atoms in total. The third-order valence-corrected chi connectivity index (χ3v) is 8.24. The maximum absolute atomic E-state index is 13.9. The van der Waals surface area contributed by atoms with E-state index >= 15 is 0 Å². The number of amides is 2. The lowest BCUT2D eigenvalue weighted by Gasteiger charge is -2.32. The molecule has 3 rings (SSSR count). The molecule has 2 amide bonds. The third-order valence-electron chi connectivity index (χ3n) is 6.46. The molecule has 202 valence electrons. The molecule has 1 atom stereocenters. The number of nitrogens with zero attached hydrogens (tertiary/aromatic N) is 2. The van der Waals surface area contributed by atoms with Crippen LogP contribution in [0.1, 0.15) is 43.4 Å². The third kappa shape index (κ3) is 7.22. The number of hydrogen-bond acceptors (Lipinski definition) is 4. The minimum atomic E-state index is -4.06. The molecule has 1 unspecified atom stereocenters. The van der Waals surface area contributed by atoms with Crippen LogP contribution in [0.15, 0.2) is 83.8 Å². The highest BCUT2D eigenvalue weighted by Crippen LogP contribution is 2.27. The molecule has 0 aliphatic heterocycles. The highest BCUT2D eigenvalue weighted by molar-refractivity contribution is 7.92. The maximum Gasteiger partial charge on any atom is 0.264 e. The van der Waals surface area contributed by atoms with Gasteiger partial charge in [-0.25, -0.2) is 8.42 Å². The first-order valence-corrected chi connectivity index (χ1v) is 14.3. The first-order chi connectivity index (χ1) is 18.1. The van der Waals surface area contributed by atoms with Gasteiger partial charge < -0.3 is 10.2 Å². The average Bonchev–Trinajstić information content (AvgIpc) is 2.92. The van der Waals surface area contributed by atoms with Gasteiger partial charge in [0.2, 0.25) is 11.8 Å². The van der Waals surface area contributed by atoms with E-state index in [2.05, 4.69) is 5.32 Å². The Kier molecular flexibility index (Phi) is 10.1. The molecule has 0 radical (unpaired) electrons. The summed E-state index contributed by atoms with van der Waals surface area (Å²) in [7, 11) is -4.06. The fourth-order valence-corrected chi connectivity index (χ4v) is 5.58. The number of carbonyl (C=O) groups is 2. The highest BCUT2D eigenvalue weighted by Gasteiger charge is 2.32. The number of rotatable bonds is 12. The topological polar surface area (TPSA) is 86.8 Å². The number of anilines is 1. The molecule has 1 N–H and O–H groups in total. The molecule has 3 aromatic rings. The zero-order valence-corrected chi connectivity index (χ0v) is 23.4. The minimum absolute atomic E-state index is 0.0893. The number of hydrogen-bond donors (Lipinski definition) is 1. The van der Waals surface area contributed by atoms with E-state index in [0.717, 1.165) is 33.8 Å². The summed E-state index contributed by atoms with van der Waals surface area (Å²) in [6, 6.07) is 22.1. The molecule has 0 fully saturated rings. The zero-order valence-electron chi connectivity index (χ0n) is 22.6. The number of benzene rings is 3. The second-order valence-corrected chi connectivity index (χ2v) is 11.3. The molecule has 0 saturated carbocycles. The second kappa shape index (κ2) is 13.2. The van der Waals surface area contributed by atoms with E-state index in [0.29, 0.717) is 12.2 Å². The van der Waals surface area contributed by atoms with Crippen molar-refractivity contribution < 1.29 is 18.0 Å². The Labute approximate surface area is 226 Å². The Morgan fingerprint density at radius 1 is 0.895 bits per heavy atom. The summed E-state index contributed by atoms with van der Waals surface area (Å²) in [5.41, 5.74) is 3.07. The van der Waals surface area contributed by atoms with Crippen molar-refractivity contribution in [3.8, 4) is 0 Å². The van der Waals surface area contributed by atoms with Gasteiger partial charge >= 0.3 is 0 Å². The van der Waals surface area contributed by atoms with Crippen LogP contribution in [0.4, 0.5) is 5.69 Å². The Morgan fingerprint density at radius 2 is 1.53 bits per heavy atom.